The fourth-order valence-electron chi connectivity index (χ4n) is 2.35. The molecule has 0 fully saturated rings. The second-order valence-corrected chi connectivity index (χ2v) is 6.07. The lowest BCUT2D eigenvalue weighted by Gasteiger charge is -2.18. The lowest BCUT2D eigenvalue weighted by molar-refractivity contribution is -0.124. The summed E-state index contributed by atoms with van der Waals surface area (Å²) in [7, 11) is 0. The fraction of sp³-hybridized carbons (Fsp3) is 0.467. The van der Waals surface area contributed by atoms with Gasteiger partial charge in [-0.15, -0.1) is 11.6 Å². The van der Waals surface area contributed by atoms with Crippen molar-refractivity contribution in [2.75, 3.05) is 5.88 Å². The van der Waals surface area contributed by atoms with Gasteiger partial charge in [-0.3, -0.25) is 4.79 Å². The van der Waals surface area contributed by atoms with E-state index in [-0.39, 0.29) is 18.0 Å². The molecule has 1 amide bonds. The van der Waals surface area contributed by atoms with Gasteiger partial charge in [-0.05, 0) is 32.9 Å². The van der Waals surface area contributed by atoms with E-state index in [1.54, 1.807) is 6.07 Å². The normalized spacial score (nSPS) is 12.9. The number of nitrogens with one attached hydrogen (secondary N) is 1. The monoisotopic (exact) mass is 327 g/mol. The minimum Gasteiger partial charge on any atom is -0.352 e. The molecule has 2 aromatic rings. The standard InChI is InChI=1S/C15H19Cl2N3O/c1-9(2)18-15(21)10(3)20-12-6-4-5-11(17)14(12)19-13(20)7-8-16/h4-6,9-10H,7-8H2,1-3H3,(H,18,21). The van der Waals surface area contributed by atoms with Gasteiger partial charge in [0.05, 0.1) is 10.5 Å². The third-order valence-corrected chi connectivity index (χ3v) is 3.75. The molecular weight excluding hydrogens is 309 g/mol. The zero-order chi connectivity index (χ0) is 15.6. The number of benzene rings is 1. The molecule has 0 aliphatic carbocycles. The van der Waals surface area contributed by atoms with Crippen LogP contribution >= 0.6 is 23.2 Å². The van der Waals surface area contributed by atoms with Crippen molar-refractivity contribution in [3.05, 3.63) is 29.0 Å². The van der Waals surface area contributed by atoms with Crippen molar-refractivity contribution in [3.8, 4) is 0 Å². The molecular formula is C15H19Cl2N3O. The topological polar surface area (TPSA) is 46.9 Å². The molecule has 0 bridgehead atoms. The maximum atomic E-state index is 12.3. The highest BCUT2D eigenvalue weighted by atomic mass is 35.5. The maximum Gasteiger partial charge on any atom is 0.243 e. The molecule has 1 atom stereocenters. The lowest BCUT2D eigenvalue weighted by Crippen LogP contribution is -2.36. The Labute approximate surface area is 134 Å². The first kappa shape index (κ1) is 16.1. The van der Waals surface area contributed by atoms with E-state index in [2.05, 4.69) is 10.3 Å². The number of para-hydroxylation sites is 1. The van der Waals surface area contributed by atoms with Crippen molar-refractivity contribution in [1.82, 2.24) is 14.9 Å². The number of carbonyl (C=O) groups excluding carboxylic acids is 1. The van der Waals surface area contributed by atoms with E-state index in [1.807, 2.05) is 37.5 Å². The van der Waals surface area contributed by atoms with Gasteiger partial charge < -0.3 is 9.88 Å². The quantitative estimate of drug-likeness (QED) is 0.853. The second kappa shape index (κ2) is 6.67. The summed E-state index contributed by atoms with van der Waals surface area (Å²) in [6.07, 6.45) is 0.589. The lowest BCUT2D eigenvalue weighted by atomic mass is 10.2. The molecule has 21 heavy (non-hydrogen) atoms. The Kier molecular flexibility index (Phi) is 5.12. The van der Waals surface area contributed by atoms with Gasteiger partial charge in [0.1, 0.15) is 17.4 Å². The Morgan fingerprint density at radius 3 is 2.71 bits per heavy atom. The van der Waals surface area contributed by atoms with E-state index in [0.717, 1.165) is 11.3 Å². The van der Waals surface area contributed by atoms with Crippen LogP contribution in [0.4, 0.5) is 0 Å². The third kappa shape index (κ3) is 3.33. The van der Waals surface area contributed by atoms with E-state index in [9.17, 15) is 4.79 Å². The SMILES string of the molecule is CC(C)NC(=O)C(C)n1c(CCCl)nc2c(Cl)cccc21. The van der Waals surface area contributed by atoms with Gasteiger partial charge in [-0.2, -0.15) is 0 Å². The predicted molar refractivity (Wildman–Crippen MR) is 87.2 cm³/mol. The number of carbonyl (C=O) groups is 1. The molecule has 1 heterocycles. The van der Waals surface area contributed by atoms with Crippen molar-refractivity contribution in [2.24, 2.45) is 0 Å². The number of rotatable bonds is 5. The van der Waals surface area contributed by atoms with Gasteiger partial charge >= 0.3 is 0 Å². The maximum absolute atomic E-state index is 12.3. The zero-order valence-electron chi connectivity index (χ0n) is 12.4. The van der Waals surface area contributed by atoms with Gasteiger partial charge in [0, 0.05) is 18.3 Å². The predicted octanol–water partition coefficient (Wildman–Crippen LogP) is 3.56. The van der Waals surface area contributed by atoms with E-state index in [1.165, 1.54) is 0 Å². The van der Waals surface area contributed by atoms with Crippen LogP contribution in [0.1, 0.15) is 32.6 Å². The van der Waals surface area contributed by atoms with Gasteiger partial charge in [-0.1, -0.05) is 17.7 Å². The highest BCUT2D eigenvalue weighted by molar-refractivity contribution is 6.34. The Balaban J connectivity index is 2.52. The Bertz CT molecular complexity index is 652. The van der Waals surface area contributed by atoms with Crippen LogP contribution in [0.5, 0.6) is 0 Å². The minimum absolute atomic E-state index is 0.0416. The summed E-state index contributed by atoms with van der Waals surface area (Å²) < 4.78 is 1.92. The van der Waals surface area contributed by atoms with Crippen LogP contribution in [0.25, 0.3) is 11.0 Å². The van der Waals surface area contributed by atoms with E-state index >= 15 is 0 Å². The van der Waals surface area contributed by atoms with Crippen LogP contribution in [-0.4, -0.2) is 27.4 Å². The molecule has 114 valence electrons. The fourth-order valence-corrected chi connectivity index (χ4v) is 2.73. The molecule has 0 aliphatic rings. The number of aryl methyl sites for hydroxylation is 1. The molecule has 1 unspecified atom stereocenters. The molecule has 6 heteroatoms. The number of fused-ring (bicyclic) bond motifs is 1. The Hall–Kier alpha value is -1.26. The highest BCUT2D eigenvalue weighted by Gasteiger charge is 2.22. The van der Waals surface area contributed by atoms with E-state index < -0.39 is 0 Å². The number of hydrogen-bond donors (Lipinski definition) is 1. The molecule has 1 N–H and O–H groups in total. The third-order valence-electron chi connectivity index (χ3n) is 3.26. The molecule has 1 aromatic heterocycles. The summed E-state index contributed by atoms with van der Waals surface area (Å²) in [6.45, 7) is 5.73. The minimum atomic E-state index is -0.367. The van der Waals surface area contributed by atoms with E-state index in [4.69, 9.17) is 23.2 Å². The van der Waals surface area contributed by atoms with Crippen molar-refractivity contribution >= 4 is 40.1 Å². The average molecular weight is 328 g/mol. The Morgan fingerprint density at radius 1 is 1.38 bits per heavy atom. The van der Waals surface area contributed by atoms with Gasteiger partial charge in [-0.25, -0.2) is 4.98 Å². The number of halogens is 2. The van der Waals surface area contributed by atoms with Crippen molar-refractivity contribution in [3.63, 3.8) is 0 Å². The summed E-state index contributed by atoms with van der Waals surface area (Å²) in [5.74, 6) is 1.18. The van der Waals surface area contributed by atoms with Crippen molar-refractivity contribution < 1.29 is 4.79 Å². The number of hydrogen-bond acceptors (Lipinski definition) is 2. The largest absolute Gasteiger partial charge is 0.352 e. The number of alkyl halides is 1. The Morgan fingerprint density at radius 2 is 2.10 bits per heavy atom. The van der Waals surface area contributed by atoms with Gasteiger partial charge in [0.2, 0.25) is 5.91 Å². The summed E-state index contributed by atoms with van der Waals surface area (Å²) >= 11 is 12.1. The second-order valence-electron chi connectivity index (χ2n) is 5.28. The van der Waals surface area contributed by atoms with Crippen LogP contribution in [0.15, 0.2) is 18.2 Å². The van der Waals surface area contributed by atoms with Crippen LogP contribution in [0.3, 0.4) is 0 Å². The molecule has 0 radical (unpaired) electrons. The first-order valence-electron chi connectivity index (χ1n) is 6.97. The van der Waals surface area contributed by atoms with Crippen LogP contribution in [0.2, 0.25) is 5.02 Å². The number of imidazole rings is 1. The summed E-state index contributed by atoms with van der Waals surface area (Å²) in [5, 5.41) is 3.51. The van der Waals surface area contributed by atoms with Gasteiger partial charge in [0.15, 0.2) is 0 Å². The summed E-state index contributed by atoms with van der Waals surface area (Å²) in [5.41, 5.74) is 1.57. The number of aromatic nitrogens is 2. The van der Waals surface area contributed by atoms with Crippen LogP contribution < -0.4 is 5.32 Å². The average Bonchev–Trinajstić information content (AvgIpc) is 2.77. The van der Waals surface area contributed by atoms with Crippen LogP contribution in [-0.2, 0) is 11.2 Å². The summed E-state index contributed by atoms with van der Waals surface area (Å²) in [6, 6.07) is 5.31. The van der Waals surface area contributed by atoms with E-state index in [0.29, 0.717) is 22.8 Å². The smallest absolute Gasteiger partial charge is 0.243 e. The van der Waals surface area contributed by atoms with Crippen molar-refractivity contribution in [2.45, 2.75) is 39.3 Å². The number of amides is 1. The van der Waals surface area contributed by atoms with Crippen molar-refractivity contribution in [1.29, 1.82) is 0 Å². The van der Waals surface area contributed by atoms with Gasteiger partial charge in [0.25, 0.3) is 0 Å². The first-order valence-corrected chi connectivity index (χ1v) is 7.88. The molecule has 1 aromatic carbocycles. The summed E-state index contributed by atoms with van der Waals surface area (Å²) in [4.78, 5) is 16.9. The molecule has 0 aliphatic heterocycles. The highest BCUT2D eigenvalue weighted by Crippen LogP contribution is 2.27. The molecule has 0 saturated carbocycles. The molecule has 0 saturated heterocycles. The molecule has 0 spiro atoms. The zero-order valence-corrected chi connectivity index (χ0v) is 13.9. The molecule has 2 rings (SSSR count). The van der Waals surface area contributed by atoms with Crippen LogP contribution in [0, 0.1) is 0 Å². The first-order chi connectivity index (χ1) is 9.95. The number of nitrogens with zero attached hydrogens (tertiary/aromatic N) is 2. The molecule has 4 nitrogen and oxygen atoms in total.